The first-order valence-corrected chi connectivity index (χ1v) is 11.7. The number of aromatic amines is 1. The predicted molar refractivity (Wildman–Crippen MR) is 120 cm³/mol. The molecule has 0 spiro atoms. The van der Waals surface area contributed by atoms with Crippen molar-refractivity contribution in [2.45, 2.75) is 64.6 Å². The van der Waals surface area contributed by atoms with Gasteiger partial charge in [0.05, 0.1) is 6.33 Å². The van der Waals surface area contributed by atoms with Gasteiger partial charge in [0.25, 0.3) is 0 Å². The van der Waals surface area contributed by atoms with Gasteiger partial charge in [0.1, 0.15) is 18.1 Å². The Morgan fingerprint density at radius 3 is 2.26 bits per heavy atom. The fourth-order valence-electron chi connectivity index (χ4n) is 2.89. The second kappa shape index (κ2) is 13.7. The first-order chi connectivity index (χ1) is 14.7. The van der Waals surface area contributed by atoms with Crippen molar-refractivity contribution in [3.63, 3.8) is 0 Å². The van der Waals surface area contributed by atoms with Gasteiger partial charge in [-0.3, -0.25) is 19.2 Å². The number of nitrogens with zero attached hydrogens (tertiary/aromatic N) is 1. The Hall–Kier alpha value is -2.56. The van der Waals surface area contributed by atoms with Crippen LogP contribution in [0.4, 0.5) is 0 Å². The van der Waals surface area contributed by atoms with Crippen LogP contribution in [0, 0.1) is 5.92 Å². The van der Waals surface area contributed by atoms with Crippen LogP contribution < -0.4 is 21.7 Å². The monoisotopic (exact) mass is 454 g/mol. The average Bonchev–Trinajstić information content (AvgIpc) is 3.22. The maximum Gasteiger partial charge on any atom is 0.243 e. The highest BCUT2D eigenvalue weighted by Gasteiger charge is 2.29. The number of aromatic nitrogens is 2. The van der Waals surface area contributed by atoms with Crippen molar-refractivity contribution >= 4 is 35.4 Å². The third-order valence-corrected chi connectivity index (χ3v) is 5.21. The first kappa shape index (κ1) is 26.5. The minimum absolute atomic E-state index is 0.102. The Labute approximate surface area is 187 Å². The zero-order chi connectivity index (χ0) is 23.4. The van der Waals surface area contributed by atoms with Crippen LogP contribution in [0.15, 0.2) is 12.5 Å². The molecular formula is C20H34N6O4S. The number of H-pyrrole nitrogens is 1. The molecule has 0 aliphatic rings. The maximum absolute atomic E-state index is 13.0. The number of hydrogen-bond donors (Lipinski definition) is 5. The molecule has 11 heteroatoms. The third-order valence-electron chi connectivity index (χ3n) is 4.56. The molecule has 1 heterocycles. The average molecular weight is 455 g/mol. The van der Waals surface area contributed by atoms with Gasteiger partial charge in [-0.05, 0) is 30.8 Å². The molecule has 1 rings (SSSR count). The van der Waals surface area contributed by atoms with E-state index >= 15 is 0 Å². The van der Waals surface area contributed by atoms with E-state index in [1.807, 2.05) is 20.1 Å². The Morgan fingerprint density at radius 1 is 1.10 bits per heavy atom. The van der Waals surface area contributed by atoms with Crippen LogP contribution in [0.3, 0.4) is 0 Å². The highest BCUT2D eigenvalue weighted by atomic mass is 32.2. The van der Waals surface area contributed by atoms with Crippen LogP contribution in [0.5, 0.6) is 0 Å². The largest absolute Gasteiger partial charge is 0.368 e. The molecule has 4 amide bonds. The lowest BCUT2D eigenvalue weighted by Gasteiger charge is -2.25. The van der Waals surface area contributed by atoms with E-state index in [2.05, 4.69) is 25.9 Å². The topological polar surface area (TPSA) is 159 Å². The lowest BCUT2D eigenvalue weighted by molar-refractivity contribution is -0.133. The summed E-state index contributed by atoms with van der Waals surface area (Å²) in [7, 11) is 0. The molecule has 0 aliphatic heterocycles. The van der Waals surface area contributed by atoms with Crippen molar-refractivity contribution in [1.29, 1.82) is 0 Å². The summed E-state index contributed by atoms with van der Waals surface area (Å²) in [5, 5.41) is 8.07. The molecule has 10 nitrogen and oxygen atoms in total. The molecule has 1 aromatic heterocycles. The number of rotatable bonds is 14. The van der Waals surface area contributed by atoms with E-state index in [4.69, 9.17) is 5.73 Å². The molecule has 0 aromatic carbocycles. The normalized spacial score (nSPS) is 13.8. The minimum Gasteiger partial charge on any atom is -0.368 e. The van der Waals surface area contributed by atoms with E-state index in [1.165, 1.54) is 6.33 Å². The Balaban J connectivity index is 2.94. The highest BCUT2D eigenvalue weighted by molar-refractivity contribution is 7.98. The van der Waals surface area contributed by atoms with E-state index < -0.39 is 35.8 Å². The van der Waals surface area contributed by atoms with Crippen molar-refractivity contribution < 1.29 is 19.2 Å². The number of carbonyl (C=O) groups excluding carboxylic acids is 4. The summed E-state index contributed by atoms with van der Waals surface area (Å²) in [5.74, 6) is -1.11. The number of carbonyl (C=O) groups is 4. The summed E-state index contributed by atoms with van der Waals surface area (Å²) >= 11 is 1.54. The zero-order valence-corrected chi connectivity index (χ0v) is 19.4. The summed E-state index contributed by atoms with van der Waals surface area (Å²) in [6.07, 6.45) is 6.14. The van der Waals surface area contributed by atoms with E-state index in [0.29, 0.717) is 24.3 Å². The van der Waals surface area contributed by atoms with Crippen molar-refractivity contribution in [3.05, 3.63) is 18.2 Å². The van der Waals surface area contributed by atoms with Crippen LogP contribution in [0.1, 0.15) is 45.7 Å². The van der Waals surface area contributed by atoms with Crippen molar-refractivity contribution in [1.82, 2.24) is 25.9 Å². The van der Waals surface area contributed by atoms with Crippen LogP contribution in [-0.4, -0.2) is 63.7 Å². The van der Waals surface area contributed by atoms with E-state index in [1.54, 1.807) is 24.9 Å². The number of imidazole rings is 1. The molecule has 0 saturated heterocycles. The number of primary amides is 1. The highest BCUT2D eigenvalue weighted by Crippen LogP contribution is 2.08. The summed E-state index contributed by atoms with van der Waals surface area (Å²) in [6, 6.07) is -2.56. The van der Waals surface area contributed by atoms with Crippen molar-refractivity contribution in [2.75, 3.05) is 12.0 Å². The Bertz CT molecular complexity index is 725. The fraction of sp³-hybridized carbons (Fsp3) is 0.650. The lowest BCUT2D eigenvalue weighted by Crippen LogP contribution is -2.57. The standard InChI is InChI=1S/C20H34N6O4S/c1-5-17(27)24-16(9-13-10-22-11-23-13)20(30)26-15(8-12(2)3)19(29)25-14(18(21)28)6-7-31-4/h10-12,14-16H,5-9H2,1-4H3,(H2,21,28)(H,22,23)(H,24,27)(H,25,29)(H,26,30). The number of hydrogen-bond acceptors (Lipinski definition) is 6. The summed E-state index contributed by atoms with van der Waals surface area (Å²) in [6.45, 7) is 5.54. The summed E-state index contributed by atoms with van der Waals surface area (Å²) < 4.78 is 0. The second-order valence-corrected chi connectivity index (χ2v) is 8.68. The van der Waals surface area contributed by atoms with Crippen LogP contribution in [-0.2, 0) is 25.6 Å². The molecule has 0 radical (unpaired) electrons. The van der Waals surface area contributed by atoms with Gasteiger partial charge in [-0.2, -0.15) is 11.8 Å². The molecule has 31 heavy (non-hydrogen) atoms. The van der Waals surface area contributed by atoms with Gasteiger partial charge in [-0.15, -0.1) is 0 Å². The quantitative estimate of drug-likeness (QED) is 0.268. The number of nitrogens with two attached hydrogens (primary N) is 1. The number of thioether (sulfide) groups is 1. The van der Waals surface area contributed by atoms with E-state index in [0.717, 1.165) is 0 Å². The zero-order valence-electron chi connectivity index (χ0n) is 18.6. The first-order valence-electron chi connectivity index (χ1n) is 10.3. The lowest BCUT2D eigenvalue weighted by atomic mass is 10.0. The van der Waals surface area contributed by atoms with Gasteiger partial charge in [0.2, 0.25) is 23.6 Å². The number of nitrogens with one attached hydrogen (secondary N) is 4. The van der Waals surface area contributed by atoms with Crippen molar-refractivity contribution in [2.24, 2.45) is 11.7 Å². The smallest absolute Gasteiger partial charge is 0.243 e. The Kier molecular flexibility index (Phi) is 11.7. The number of amides is 4. The Morgan fingerprint density at radius 2 is 1.74 bits per heavy atom. The van der Waals surface area contributed by atoms with Crippen LogP contribution >= 0.6 is 11.8 Å². The van der Waals surface area contributed by atoms with Crippen molar-refractivity contribution in [3.8, 4) is 0 Å². The second-order valence-electron chi connectivity index (χ2n) is 7.69. The van der Waals surface area contributed by atoms with Gasteiger partial charge in [-0.1, -0.05) is 20.8 Å². The van der Waals surface area contributed by atoms with Crippen LogP contribution in [0.2, 0.25) is 0 Å². The van der Waals surface area contributed by atoms with Crippen LogP contribution in [0.25, 0.3) is 0 Å². The molecule has 0 fully saturated rings. The molecular weight excluding hydrogens is 420 g/mol. The molecule has 0 bridgehead atoms. The fourth-order valence-corrected chi connectivity index (χ4v) is 3.36. The molecule has 3 unspecified atom stereocenters. The molecule has 1 aromatic rings. The van der Waals surface area contributed by atoms with E-state index in [-0.39, 0.29) is 24.7 Å². The molecule has 0 aliphatic carbocycles. The molecule has 6 N–H and O–H groups in total. The molecule has 0 saturated carbocycles. The molecule has 174 valence electrons. The van der Waals surface area contributed by atoms with Gasteiger partial charge < -0.3 is 26.7 Å². The molecule has 3 atom stereocenters. The van der Waals surface area contributed by atoms with Gasteiger partial charge in [0, 0.05) is 24.7 Å². The predicted octanol–water partition coefficient (Wildman–Crippen LogP) is 0.101. The minimum atomic E-state index is -0.876. The SMILES string of the molecule is CCC(=O)NC(Cc1cnc[nH]1)C(=O)NC(CC(C)C)C(=O)NC(CCSC)C(N)=O. The van der Waals surface area contributed by atoms with Gasteiger partial charge in [0.15, 0.2) is 0 Å². The summed E-state index contributed by atoms with van der Waals surface area (Å²) in [4.78, 5) is 56.3. The van der Waals surface area contributed by atoms with E-state index in [9.17, 15) is 19.2 Å². The third kappa shape index (κ3) is 9.86. The van der Waals surface area contributed by atoms with Gasteiger partial charge >= 0.3 is 0 Å². The van der Waals surface area contributed by atoms with Gasteiger partial charge in [-0.25, -0.2) is 4.98 Å². The summed E-state index contributed by atoms with van der Waals surface area (Å²) in [5.41, 5.74) is 6.09. The maximum atomic E-state index is 13.0.